The van der Waals surface area contributed by atoms with Gasteiger partial charge in [0.1, 0.15) is 5.60 Å². The molecular formula is C10H19NO4. The molecule has 0 saturated carbocycles. The van der Waals surface area contributed by atoms with E-state index in [0.29, 0.717) is 32.6 Å². The lowest BCUT2D eigenvalue weighted by Gasteiger charge is -2.23. The molecule has 1 aliphatic rings. The van der Waals surface area contributed by atoms with Crippen molar-refractivity contribution in [3.63, 3.8) is 0 Å². The summed E-state index contributed by atoms with van der Waals surface area (Å²) in [5, 5.41) is 21.5. The lowest BCUT2D eigenvalue weighted by Crippen LogP contribution is -2.44. The molecule has 0 bridgehead atoms. The molecule has 5 heteroatoms. The van der Waals surface area contributed by atoms with Gasteiger partial charge in [-0.2, -0.15) is 0 Å². The zero-order valence-electron chi connectivity index (χ0n) is 9.03. The molecule has 1 rings (SSSR count). The smallest absolute Gasteiger partial charge is 0.303 e. The van der Waals surface area contributed by atoms with Crippen LogP contribution in [0.3, 0.4) is 0 Å². The van der Waals surface area contributed by atoms with Crippen LogP contribution in [-0.2, 0) is 9.53 Å². The van der Waals surface area contributed by atoms with Crippen LogP contribution in [0.4, 0.5) is 0 Å². The van der Waals surface area contributed by atoms with Crippen LogP contribution in [-0.4, -0.2) is 47.6 Å². The van der Waals surface area contributed by atoms with Gasteiger partial charge in [0.05, 0.1) is 6.61 Å². The van der Waals surface area contributed by atoms with E-state index in [1.54, 1.807) is 0 Å². The molecule has 1 saturated heterocycles. The van der Waals surface area contributed by atoms with Gasteiger partial charge < -0.3 is 20.3 Å². The van der Waals surface area contributed by atoms with Gasteiger partial charge in [0.25, 0.3) is 0 Å². The van der Waals surface area contributed by atoms with Crippen molar-refractivity contribution in [1.82, 2.24) is 5.32 Å². The minimum absolute atomic E-state index is 0.103. The summed E-state index contributed by atoms with van der Waals surface area (Å²) in [5.41, 5.74) is -0.766. The number of aliphatic hydroxyl groups is 1. The van der Waals surface area contributed by atoms with E-state index in [2.05, 4.69) is 5.32 Å². The third-order valence-corrected chi connectivity index (χ3v) is 2.65. The highest BCUT2D eigenvalue weighted by Gasteiger charge is 2.32. The summed E-state index contributed by atoms with van der Waals surface area (Å²) in [7, 11) is 0. The summed E-state index contributed by atoms with van der Waals surface area (Å²) in [6.07, 6.45) is 1.38. The van der Waals surface area contributed by atoms with Gasteiger partial charge in [-0.25, -0.2) is 0 Å². The van der Waals surface area contributed by atoms with E-state index in [-0.39, 0.29) is 12.5 Å². The standard InChI is InChI=1S/C10H19NO4/c1-8(2-3-9(12)13)11-6-10(14)4-5-15-7-10/h8,11,14H,2-7H2,1H3,(H,12,13). The first-order chi connectivity index (χ1) is 7.02. The van der Waals surface area contributed by atoms with Crippen LogP contribution < -0.4 is 5.32 Å². The Hall–Kier alpha value is -0.650. The molecule has 0 aromatic carbocycles. The van der Waals surface area contributed by atoms with Crippen molar-refractivity contribution >= 4 is 5.97 Å². The molecule has 1 aliphatic heterocycles. The first-order valence-corrected chi connectivity index (χ1v) is 5.27. The average Bonchev–Trinajstić information content (AvgIpc) is 2.60. The Morgan fingerprint density at radius 2 is 2.40 bits per heavy atom. The number of carboxylic acids is 1. The SMILES string of the molecule is CC(CCC(=O)O)NCC1(O)CCOC1. The Balaban J connectivity index is 2.15. The lowest BCUT2D eigenvalue weighted by molar-refractivity contribution is -0.137. The maximum atomic E-state index is 10.3. The number of aliphatic carboxylic acids is 1. The molecule has 0 amide bonds. The van der Waals surface area contributed by atoms with Gasteiger partial charge in [0.2, 0.25) is 0 Å². The molecule has 5 nitrogen and oxygen atoms in total. The average molecular weight is 217 g/mol. The molecule has 3 N–H and O–H groups in total. The number of carbonyl (C=O) groups is 1. The predicted molar refractivity (Wildman–Crippen MR) is 54.7 cm³/mol. The van der Waals surface area contributed by atoms with Crippen LogP contribution in [0.15, 0.2) is 0 Å². The third kappa shape index (κ3) is 4.59. The van der Waals surface area contributed by atoms with E-state index >= 15 is 0 Å². The monoisotopic (exact) mass is 217 g/mol. The molecule has 0 aromatic rings. The Kier molecular flexibility index (Phi) is 4.50. The molecule has 2 unspecified atom stereocenters. The van der Waals surface area contributed by atoms with E-state index in [1.165, 1.54) is 0 Å². The fourth-order valence-electron chi connectivity index (χ4n) is 1.54. The summed E-state index contributed by atoms with van der Waals surface area (Å²) < 4.78 is 5.11. The summed E-state index contributed by atoms with van der Waals surface area (Å²) >= 11 is 0. The molecule has 0 aliphatic carbocycles. The number of nitrogens with one attached hydrogen (secondary N) is 1. The molecule has 0 aromatic heterocycles. The van der Waals surface area contributed by atoms with E-state index in [9.17, 15) is 9.90 Å². The molecule has 0 spiro atoms. The van der Waals surface area contributed by atoms with E-state index in [4.69, 9.17) is 9.84 Å². The molecule has 88 valence electrons. The zero-order chi connectivity index (χ0) is 11.3. The second kappa shape index (κ2) is 5.44. The summed E-state index contributed by atoms with van der Waals surface area (Å²) in [6, 6.07) is 0.103. The normalized spacial score (nSPS) is 27.9. The van der Waals surface area contributed by atoms with Crippen molar-refractivity contribution in [2.75, 3.05) is 19.8 Å². The fourth-order valence-corrected chi connectivity index (χ4v) is 1.54. The van der Waals surface area contributed by atoms with E-state index < -0.39 is 11.6 Å². The Labute approximate surface area is 89.4 Å². The van der Waals surface area contributed by atoms with Gasteiger partial charge in [-0.1, -0.05) is 0 Å². The van der Waals surface area contributed by atoms with Gasteiger partial charge in [-0.3, -0.25) is 4.79 Å². The van der Waals surface area contributed by atoms with Crippen molar-refractivity contribution in [3.8, 4) is 0 Å². The molecule has 1 heterocycles. The Morgan fingerprint density at radius 1 is 1.67 bits per heavy atom. The number of hydrogen-bond acceptors (Lipinski definition) is 4. The van der Waals surface area contributed by atoms with Crippen LogP contribution in [0.1, 0.15) is 26.2 Å². The maximum absolute atomic E-state index is 10.3. The number of carboxylic acid groups (broad SMARTS) is 1. The van der Waals surface area contributed by atoms with E-state index in [0.717, 1.165) is 0 Å². The van der Waals surface area contributed by atoms with Gasteiger partial charge in [0, 0.05) is 32.0 Å². The Morgan fingerprint density at radius 3 is 2.93 bits per heavy atom. The summed E-state index contributed by atoms with van der Waals surface area (Å²) in [6.45, 7) is 3.35. The third-order valence-electron chi connectivity index (χ3n) is 2.65. The molecule has 15 heavy (non-hydrogen) atoms. The minimum atomic E-state index is -0.786. The van der Waals surface area contributed by atoms with Gasteiger partial charge in [0.15, 0.2) is 0 Å². The summed E-state index contributed by atoms with van der Waals surface area (Å²) in [4.78, 5) is 10.3. The predicted octanol–water partition coefficient (Wildman–Crippen LogP) is -0.0193. The Bertz CT molecular complexity index is 213. The molecule has 2 atom stereocenters. The minimum Gasteiger partial charge on any atom is -0.481 e. The van der Waals surface area contributed by atoms with Gasteiger partial charge in [-0.15, -0.1) is 0 Å². The molecule has 1 fully saturated rings. The van der Waals surface area contributed by atoms with Crippen molar-refractivity contribution < 1.29 is 19.7 Å². The highest BCUT2D eigenvalue weighted by atomic mass is 16.5. The molecular weight excluding hydrogens is 198 g/mol. The first-order valence-electron chi connectivity index (χ1n) is 5.27. The highest BCUT2D eigenvalue weighted by molar-refractivity contribution is 5.66. The van der Waals surface area contributed by atoms with Crippen LogP contribution in [0, 0.1) is 0 Å². The first kappa shape index (κ1) is 12.4. The topological polar surface area (TPSA) is 78.8 Å². The number of hydrogen-bond donors (Lipinski definition) is 3. The van der Waals surface area contributed by atoms with Crippen LogP contribution in [0.2, 0.25) is 0 Å². The molecule has 0 radical (unpaired) electrons. The second-order valence-electron chi connectivity index (χ2n) is 4.24. The highest BCUT2D eigenvalue weighted by Crippen LogP contribution is 2.17. The van der Waals surface area contributed by atoms with Crippen molar-refractivity contribution in [1.29, 1.82) is 0 Å². The lowest BCUT2D eigenvalue weighted by atomic mass is 10.0. The quantitative estimate of drug-likeness (QED) is 0.583. The summed E-state index contributed by atoms with van der Waals surface area (Å²) in [5.74, 6) is -0.786. The van der Waals surface area contributed by atoms with Crippen molar-refractivity contribution in [3.05, 3.63) is 0 Å². The van der Waals surface area contributed by atoms with E-state index in [1.807, 2.05) is 6.92 Å². The van der Waals surface area contributed by atoms with Crippen LogP contribution in [0.25, 0.3) is 0 Å². The van der Waals surface area contributed by atoms with Gasteiger partial charge >= 0.3 is 5.97 Å². The van der Waals surface area contributed by atoms with Crippen LogP contribution in [0.5, 0.6) is 0 Å². The zero-order valence-corrected chi connectivity index (χ0v) is 9.03. The van der Waals surface area contributed by atoms with Crippen LogP contribution >= 0.6 is 0 Å². The van der Waals surface area contributed by atoms with Crippen molar-refractivity contribution in [2.45, 2.75) is 37.8 Å². The van der Waals surface area contributed by atoms with Crippen molar-refractivity contribution in [2.24, 2.45) is 0 Å². The second-order valence-corrected chi connectivity index (χ2v) is 4.24. The fraction of sp³-hybridized carbons (Fsp3) is 0.900. The number of rotatable bonds is 6. The van der Waals surface area contributed by atoms with Gasteiger partial charge in [-0.05, 0) is 13.3 Å². The largest absolute Gasteiger partial charge is 0.481 e. The number of ether oxygens (including phenoxy) is 1. The maximum Gasteiger partial charge on any atom is 0.303 e.